The Balaban J connectivity index is 1.63. The fraction of sp³-hybridized carbons (Fsp3) is 1.00. The highest BCUT2D eigenvalue weighted by atomic mass is 16.5. The second kappa shape index (κ2) is 7.38. The molecule has 17 heavy (non-hydrogen) atoms. The highest BCUT2D eigenvalue weighted by Crippen LogP contribution is 2.27. The van der Waals surface area contributed by atoms with Crippen LogP contribution >= 0.6 is 0 Å². The number of ether oxygens (including phenoxy) is 1. The van der Waals surface area contributed by atoms with Crippen molar-refractivity contribution in [3.05, 3.63) is 0 Å². The lowest BCUT2D eigenvalue weighted by molar-refractivity contribution is 0.102. The molecule has 0 radical (unpaired) electrons. The maximum absolute atomic E-state index is 5.67. The van der Waals surface area contributed by atoms with E-state index in [0.717, 1.165) is 25.1 Å². The smallest absolute Gasteiger partial charge is 0.0588 e. The van der Waals surface area contributed by atoms with Crippen LogP contribution < -0.4 is 5.32 Å². The normalized spacial score (nSPS) is 28.4. The van der Waals surface area contributed by atoms with Crippen molar-refractivity contribution in [2.24, 2.45) is 5.92 Å². The molecule has 2 atom stereocenters. The fourth-order valence-corrected chi connectivity index (χ4v) is 3.48. The molecule has 0 aromatic carbocycles. The Bertz CT molecular complexity index is 195. The summed E-state index contributed by atoms with van der Waals surface area (Å²) in [6.45, 7) is 4.47. The summed E-state index contributed by atoms with van der Waals surface area (Å²) in [7, 11) is 0. The molecule has 1 saturated carbocycles. The van der Waals surface area contributed by atoms with Gasteiger partial charge in [-0.3, -0.25) is 0 Å². The van der Waals surface area contributed by atoms with Gasteiger partial charge in [0.05, 0.1) is 6.10 Å². The Hall–Kier alpha value is -0.0800. The number of nitrogens with one attached hydrogen (secondary N) is 1. The molecule has 100 valence electrons. The van der Waals surface area contributed by atoms with Crippen LogP contribution in [0.15, 0.2) is 0 Å². The Kier molecular flexibility index (Phi) is 5.79. The minimum absolute atomic E-state index is 0.548. The molecule has 2 heteroatoms. The maximum Gasteiger partial charge on any atom is 0.0588 e. The van der Waals surface area contributed by atoms with Gasteiger partial charge in [-0.05, 0) is 51.0 Å². The first-order valence-electron chi connectivity index (χ1n) is 7.75. The zero-order chi connectivity index (χ0) is 11.9. The molecule has 0 aromatic rings. The summed E-state index contributed by atoms with van der Waals surface area (Å²) in [5.41, 5.74) is 0. The molecule has 1 saturated heterocycles. The molecule has 2 fully saturated rings. The van der Waals surface area contributed by atoms with Crippen molar-refractivity contribution in [1.29, 1.82) is 0 Å². The summed E-state index contributed by atoms with van der Waals surface area (Å²) in [5, 5.41) is 3.79. The van der Waals surface area contributed by atoms with Crippen LogP contribution in [0, 0.1) is 5.92 Å². The summed E-state index contributed by atoms with van der Waals surface area (Å²) in [6, 6.07) is 0.761. The van der Waals surface area contributed by atoms with Gasteiger partial charge in [-0.25, -0.2) is 0 Å². The van der Waals surface area contributed by atoms with Crippen LogP contribution in [0.2, 0.25) is 0 Å². The van der Waals surface area contributed by atoms with Crippen LogP contribution in [0.1, 0.15) is 64.7 Å². The summed E-state index contributed by atoms with van der Waals surface area (Å²) in [6.07, 6.45) is 12.9. The van der Waals surface area contributed by atoms with E-state index in [2.05, 4.69) is 12.2 Å². The van der Waals surface area contributed by atoms with Crippen molar-refractivity contribution in [3.63, 3.8) is 0 Å². The minimum Gasteiger partial charge on any atom is -0.378 e. The zero-order valence-electron chi connectivity index (χ0n) is 11.4. The first-order valence-corrected chi connectivity index (χ1v) is 7.75. The van der Waals surface area contributed by atoms with E-state index in [1.807, 2.05) is 0 Å². The van der Waals surface area contributed by atoms with Crippen molar-refractivity contribution in [2.75, 3.05) is 13.2 Å². The number of hydrogen-bond donors (Lipinski definition) is 1. The van der Waals surface area contributed by atoms with E-state index in [4.69, 9.17) is 4.74 Å². The highest BCUT2D eigenvalue weighted by molar-refractivity contribution is 4.79. The molecule has 0 spiro atoms. The van der Waals surface area contributed by atoms with Gasteiger partial charge < -0.3 is 10.1 Å². The largest absolute Gasteiger partial charge is 0.378 e. The van der Waals surface area contributed by atoms with Gasteiger partial charge in [0.15, 0.2) is 0 Å². The molecule has 2 rings (SSSR count). The van der Waals surface area contributed by atoms with Gasteiger partial charge in [0.1, 0.15) is 0 Å². The van der Waals surface area contributed by atoms with Crippen molar-refractivity contribution < 1.29 is 4.74 Å². The topological polar surface area (TPSA) is 21.3 Å². The van der Waals surface area contributed by atoms with Crippen molar-refractivity contribution >= 4 is 0 Å². The molecule has 2 unspecified atom stereocenters. The van der Waals surface area contributed by atoms with Gasteiger partial charge in [0.2, 0.25) is 0 Å². The van der Waals surface area contributed by atoms with Crippen LogP contribution in [0.5, 0.6) is 0 Å². The van der Waals surface area contributed by atoms with Crippen molar-refractivity contribution in [1.82, 2.24) is 5.32 Å². The average Bonchev–Trinajstić information content (AvgIpc) is 2.89. The van der Waals surface area contributed by atoms with E-state index in [1.54, 1.807) is 0 Å². The third-order valence-corrected chi connectivity index (χ3v) is 4.56. The Labute approximate surface area is 107 Å². The average molecular weight is 239 g/mol. The minimum atomic E-state index is 0.548. The second-order valence-corrected chi connectivity index (χ2v) is 5.79. The lowest BCUT2D eigenvalue weighted by Gasteiger charge is -2.30. The Morgan fingerprint density at radius 2 is 1.94 bits per heavy atom. The molecule has 0 bridgehead atoms. The molecule has 2 nitrogen and oxygen atoms in total. The van der Waals surface area contributed by atoms with Crippen LogP contribution in [0.25, 0.3) is 0 Å². The predicted octanol–water partition coefficient (Wildman–Crippen LogP) is 3.50. The second-order valence-electron chi connectivity index (χ2n) is 5.79. The van der Waals surface area contributed by atoms with Crippen molar-refractivity contribution in [2.45, 2.75) is 76.9 Å². The first-order chi connectivity index (χ1) is 8.40. The highest BCUT2D eigenvalue weighted by Gasteiger charge is 2.22. The van der Waals surface area contributed by atoms with E-state index < -0.39 is 0 Å². The summed E-state index contributed by atoms with van der Waals surface area (Å²) in [5.74, 6) is 0.943. The van der Waals surface area contributed by atoms with E-state index in [9.17, 15) is 0 Å². The van der Waals surface area contributed by atoms with Crippen molar-refractivity contribution in [3.8, 4) is 0 Å². The predicted molar refractivity (Wildman–Crippen MR) is 72.2 cm³/mol. The Morgan fingerprint density at radius 3 is 2.59 bits per heavy atom. The third kappa shape index (κ3) is 4.26. The quantitative estimate of drug-likeness (QED) is 0.766. The van der Waals surface area contributed by atoms with Gasteiger partial charge in [-0.2, -0.15) is 0 Å². The van der Waals surface area contributed by atoms with E-state index in [1.165, 1.54) is 57.8 Å². The van der Waals surface area contributed by atoms with Gasteiger partial charge in [-0.15, -0.1) is 0 Å². The monoisotopic (exact) mass is 239 g/mol. The zero-order valence-corrected chi connectivity index (χ0v) is 11.4. The molecule has 1 aliphatic carbocycles. The van der Waals surface area contributed by atoms with Gasteiger partial charge >= 0.3 is 0 Å². The fourth-order valence-electron chi connectivity index (χ4n) is 3.48. The van der Waals surface area contributed by atoms with Gasteiger partial charge in [0, 0.05) is 12.6 Å². The first kappa shape index (κ1) is 13.4. The van der Waals surface area contributed by atoms with Gasteiger partial charge in [-0.1, -0.05) is 26.2 Å². The van der Waals surface area contributed by atoms with E-state index in [-0.39, 0.29) is 0 Å². The van der Waals surface area contributed by atoms with Crippen LogP contribution in [0.3, 0.4) is 0 Å². The van der Waals surface area contributed by atoms with Crippen LogP contribution in [0.4, 0.5) is 0 Å². The van der Waals surface area contributed by atoms with Crippen LogP contribution in [-0.2, 0) is 4.74 Å². The lowest BCUT2D eigenvalue weighted by Crippen LogP contribution is -2.38. The SMILES string of the molecule is CCC(NCCC1CCCO1)C1CCCCC1. The molecule has 0 amide bonds. The Morgan fingerprint density at radius 1 is 1.12 bits per heavy atom. The maximum atomic E-state index is 5.67. The molecule has 0 aromatic heterocycles. The molecule has 1 N–H and O–H groups in total. The summed E-state index contributed by atoms with van der Waals surface area (Å²) < 4.78 is 5.67. The van der Waals surface area contributed by atoms with Gasteiger partial charge in [0.25, 0.3) is 0 Å². The standard InChI is InChI=1S/C15H29NO/c1-2-15(13-7-4-3-5-8-13)16-11-10-14-9-6-12-17-14/h13-16H,2-12H2,1H3. The summed E-state index contributed by atoms with van der Waals surface area (Å²) in [4.78, 5) is 0. The molecule has 1 aliphatic heterocycles. The summed E-state index contributed by atoms with van der Waals surface area (Å²) >= 11 is 0. The number of hydrogen-bond acceptors (Lipinski definition) is 2. The molecular formula is C15H29NO. The van der Waals surface area contributed by atoms with E-state index in [0.29, 0.717) is 6.10 Å². The molecule has 2 aliphatic rings. The molecule has 1 heterocycles. The third-order valence-electron chi connectivity index (χ3n) is 4.56. The van der Waals surface area contributed by atoms with Crippen LogP contribution in [-0.4, -0.2) is 25.3 Å². The lowest BCUT2D eigenvalue weighted by atomic mass is 9.83. The molecular weight excluding hydrogens is 210 g/mol. The van der Waals surface area contributed by atoms with E-state index >= 15 is 0 Å². The number of rotatable bonds is 6.